The number of aromatic nitrogens is 3. The Balaban J connectivity index is 1.48. The van der Waals surface area contributed by atoms with Gasteiger partial charge in [0.25, 0.3) is 5.56 Å². The van der Waals surface area contributed by atoms with Crippen LogP contribution in [0.25, 0.3) is 10.9 Å². The van der Waals surface area contributed by atoms with Gasteiger partial charge in [0.2, 0.25) is 5.95 Å². The Kier molecular flexibility index (Phi) is 5.41. The molecule has 0 aliphatic carbocycles. The zero-order chi connectivity index (χ0) is 20.2. The number of esters is 1. The van der Waals surface area contributed by atoms with E-state index in [2.05, 4.69) is 24.8 Å². The minimum Gasteiger partial charge on any atom is -0.462 e. The molecule has 1 fully saturated rings. The number of fused-ring (bicyclic) bond motifs is 1. The van der Waals surface area contributed by atoms with Crippen molar-refractivity contribution in [1.29, 1.82) is 0 Å². The molecule has 1 aromatic carbocycles. The van der Waals surface area contributed by atoms with E-state index in [4.69, 9.17) is 4.74 Å². The molecular formula is C21H23N5O3. The highest BCUT2D eigenvalue weighted by Crippen LogP contribution is 2.18. The molecule has 2 aromatic heterocycles. The average Bonchev–Trinajstić information content (AvgIpc) is 3.00. The molecule has 3 aromatic rings. The molecule has 0 atom stereocenters. The summed E-state index contributed by atoms with van der Waals surface area (Å²) in [5.41, 5.74) is 1.02. The summed E-state index contributed by atoms with van der Waals surface area (Å²) in [7, 11) is 0. The van der Waals surface area contributed by atoms with Crippen molar-refractivity contribution in [2.24, 2.45) is 0 Å². The fourth-order valence-corrected chi connectivity index (χ4v) is 3.49. The summed E-state index contributed by atoms with van der Waals surface area (Å²) in [5, 5.41) is 0.596. The predicted molar refractivity (Wildman–Crippen MR) is 112 cm³/mol. The fourth-order valence-electron chi connectivity index (χ4n) is 3.49. The average molecular weight is 393 g/mol. The lowest BCUT2D eigenvalue weighted by Crippen LogP contribution is -2.33. The molecule has 1 saturated heterocycles. The SMILES string of the molecule is CCOC(=O)c1ccc(N2CCCN(c3nc4ccccc4c(=O)[nH]3)CC2)nc1. The van der Waals surface area contributed by atoms with Crippen molar-refractivity contribution in [2.45, 2.75) is 13.3 Å². The van der Waals surface area contributed by atoms with Crippen molar-refractivity contribution in [3.05, 3.63) is 58.5 Å². The molecule has 0 amide bonds. The lowest BCUT2D eigenvalue weighted by molar-refractivity contribution is 0.0526. The van der Waals surface area contributed by atoms with Gasteiger partial charge >= 0.3 is 5.97 Å². The molecule has 0 saturated carbocycles. The van der Waals surface area contributed by atoms with Crippen molar-refractivity contribution in [3.8, 4) is 0 Å². The maximum Gasteiger partial charge on any atom is 0.339 e. The summed E-state index contributed by atoms with van der Waals surface area (Å²) in [4.78, 5) is 40.4. The lowest BCUT2D eigenvalue weighted by Gasteiger charge is -2.23. The standard InChI is InChI=1S/C21H23N5O3/c1-2-29-20(28)15-8-9-18(22-14-15)25-10-5-11-26(13-12-25)21-23-17-7-4-3-6-16(17)19(27)24-21/h3-4,6-9,14H,2,5,10-13H2,1H3,(H,23,24,27). The number of nitrogens with zero attached hydrogens (tertiary/aromatic N) is 4. The van der Waals surface area contributed by atoms with Gasteiger partial charge in [-0.05, 0) is 37.6 Å². The highest BCUT2D eigenvalue weighted by atomic mass is 16.5. The van der Waals surface area contributed by atoms with Crippen molar-refractivity contribution in [2.75, 3.05) is 42.6 Å². The summed E-state index contributed by atoms with van der Waals surface area (Å²) >= 11 is 0. The van der Waals surface area contributed by atoms with E-state index in [0.717, 1.165) is 31.9 Å². The van der Waals surface area contributed by atoms with E-state index < -0.39 is 0 Å². The van der Waals surface area contributed by atoms with E-state index in [9.17, 15) is 9.59 Å². The van der Waals surface area contributed by atoms with Crippen molar-refractivity contribution < 1.29 is 9.53 Å². The van der Waals surface area contributed by atoms with E-state index in [1.54, 1.807) is 25.3 Å². The lowest BCUT2D eigenvalue weighted by atomic mass is 10.2. The van der Waals surface area contributed by atoms with Crippen LogP contribution >= 0.6 is 0 Å². The van der Waals surface area contributed by atoms with Crippen LogP contribution < -0.4 is 15.4 Å². The molecule has 8 heteroatoms. The maximum atomic E-state index is 12.4. The summed E-state index contributed by atoms with van der Waals surface area (Å²) in [5.74, 6) is 1.06. The molecule has 3 heterocycles. The Morgan fingerprint density at radius 1 is 1.10 bits per heavy atom. The first-order chi connectivity index (χ1) is 14.2. The minimum absolute atomic E-state index is 0.122. The van der Waals surface area contributed by atoms with E-state index in [0.29, 0.717) is 35.6 Å². The van der Waals surface area contributed by atoms with Crippen LogP contribution in [0.5, 0.6) is 0 Å². The van der Waals surface area contributed by atoms with E-state index in [1.165, 1.54) is 0 Å². The van der Waals surface area contributed by atoms with Gasteiger partial charge in [-0.25, -0.2) is 14.8 Å². The highest BCUT2D eigenvalue weighted by Gasteiger charge is 2.19. The van der Waals surface area contributed by atoms with Crippen molar-refractivity contribution in [1.82, 2.24) is 15.0 Å². The number of carbonyl (C=O) groups excluding carboxylic acids is 1. The second kappa shape index (κ2) is 8.30. The van der Waals surface area contributed by atoms with Gasteiger partial charge in [-0.2, -0.15) is 0 Å². The van der Waals surface area contributed by atoms with Crippen molar-refractivity contribution >= 4 is 28.6 Å². The first kappa shape index (κ1) is 18.9. The van der Waals surface area contributed by atoms with E-state index >= 15 is 0 Å². The zero-order valence-corrected chi connectivity index (χ0v) is 16.3. The largest absolute Gasteiger partial charge is 0.462 e. The van der Waals surface area contributed by atoms with Gasteiger partial charge in [-0.1, -0.05) is 12.1 Å². The summed E-state index contributed by atoms with van der Waals surface area (Å²) in [6, 6.07) is 10.9. The van der Waals surface area contributed by atoms with E-state index in [-0.39, 0.29) is 11.5 Å². The van der Waals surface area contributed by atoms with Crippen LogP contribution in [0.2, 0.25) is 0 Å². The number of para-hydroxylation sites is 1. The number of hydrogen-bond acceptors (Lipinski definition) is 7. The molecular weight excluding hydrogens is 370 g/mol. The number of benzene rings is 1. The zero-order valence-electron chi connectivity index (χ0n) is 16.3. The van der Waals surface area contributed by atoms with Crippen LogP contribution in [0.4, 0.5) is 11.8 Å². The Hall–Kier alpha value is -3.42. The normalized spacial score (nSPS) is 14.7. The summed E-state index contributed by atoms with van der Waals surface area (Å²) in [6.45, 7) is 5.19. The van der Waals surface area contributed by atoms with Gasteiger partial charge in [0.05, 0.1) is 23.1 Å². The molecule has 1 aliphatic heterocycles. The Morgan fingerprint density at radius 3 is 2.69 bits per heavy atom. The number of nitrogens with one attached hydrogen (secondary N) is 1. The Morgan fingerprint density at radius 2 is 1.90 bits per heavy atom. The molecule has 29 heavy (non-hydrogen) atoms. The monoisotopic (exact) mass is 393 g/mol. The quantitative estimate of drug-likeness (QED) is 0.680. The van der Waals surface area contributed by atoms with Crippen LogP contribution in [0.15, 0.2) is 47.4 Å². The van der Waals surface area contributed by atoms with Gasteiger partial charge in [0, 0.05) is 32.4 Å². The van der Waals surface area contributed by atoms with Crippen LogP contribution in [0, 0.1) is 0 Å². The number of aromatic amines is 1. The molecule has 8 nitrogen and oxygen atoms in total. The number of anilines is 2. The molecule has 150 valence electrons. The molecule has 1 aliphatic rings. The van der Waals surface area contributed by atoms with Crippen LogP contribution in [0.3, 0.4) is 0 Å². The van der Waals surface area contributed by atoms with E-state index in [1.807, 2.05) is 24.3 Å². The number of H-pyrrole nitrogens is 1. The number of hydrogen-bond donors (Lipinski definition) is 1. The minimum atomic E-state index is -0.361. The first-order valence-corrected chi connectivity index (χ1v) is 9.78. The second-order valence-electron chi connectivity index (χ2n) is 6.86. The first-order valence-electron chi connectivity index (χ1n) is 9.78. The molecule has 0 radical (unpaired) electrons. The van der Waals surface area contributed by atoms with Crippen LogP contribution in [-0.4, -0.2) is 53.7 Å². The van der Waals surface area contributed by atoms with Crippen LogP contribution in [-0.2, 0) is 4.74 Å². The van der Waals surface area contributed by atoms with Gasteiger partial charge in [-0.3, -0.25) is 9.78 Å². The highest BCUT2D eigenvalue weighted by molar-refractivity contribution is 5.89. The number of pyridine rings is 1. The molecule has 0 bridgehead atoms. The second-order valence-corrected chi connectivity index (χ2v) is 6.86. The smallest absolute Gasteiger partial charge is 0.339 e. The van der Waals surface area contributed by atoms with Gasteiger partial charge in [0.15, 0.2) is 0 Å². The Labute approximate surface area is 168 Å². The topological polar surface area (TPSA) is 91.4 Å². The van der Waals surface area contributed by atoms with Gasteiger partial charge in [-0.15, -0.1) is 0 Å². The Bertz CT molecular complexity index is 1060. The molecule has 0 unspecified atom stereocenters. The third-order valence-electron chi connectivity index (χ3n) is 4.98. The molecule has 0 spiro atoms. The summed E-state index contributed by atoms with van der Waals surface area (Å²) in [6.07, 6.45) is 2.45. The van der Waals surface area contributed by atoms with Crippen LogP contribution in [0.1, 0.15) is 23.7 Å². The third-order valence-corrected chi connectivity index (χ3v) is 4.98. The maximum absolute atomic E-state index is 12.4. The predicted octanol–water partition coefficient (Wildman–Crippen LogP) is 2.21. The number of carbonyl (C=O) groups is 1. The third kappa shape index (κ3) is 4.06. The number of rotatable bonds is 4. The molecule has 1 N–H and O–H groups in total. The molecule has 4 rings (SSSR count). The van der Waals surface area contributed by atoms with Gasteiger partial charge < -0.3 is 14.5 Å². The number of ether oxygens (including phenoxy) is 1. The van der Waals surface area contributed by atoms with Gasteiger partial charge in [0.1, 0.15) is 5.82 Å². The van der Waals surface area contributed by atoms with Crippen molar-refractivity contribution in [3.63, 3.8) is 0 Å². The summed E-state index contributed by atoms with van der Waals surface area (Å²) < 4.78 is 5.00. The fraction of sp³-hybridized carbons (Fsp3) is 0.333.